The van der Waals surface area contributed by atoms with Crippen LogP contribution in [0, 0.1) is 6.92 Å². The molecule has 18 heavy (non-hydrogen) atoms. The van der Waals surface area contributed by atoms with Crippen molar-refractivity contribution in [2.24, 2.45) is 12.8 Å². The molecule has 0 radical (unpaired) electrons. The van der Waals surface area contributed by atoms with Crippen LogP contribution in [0.4, 0.5) is 13.2 Å². The molecule has 0 aromatic carbocycles. The molecule has 0 aliphatic heterocycles. The molecular formula is C9H10F3N5O. The molecule has 0 saturated heterocycles. The topological polar surface area (TPSA) is 82.8 Å². The Morgan fingerprint density at radius 3 is 2.56 bits per heavy atom. The van der Waals surface area contributed by atoms with Gasteiger partial charge >= 0.3 is 12.1 Å². The van der Waals surface area contributed by atoms with Gasteiger partial charge in [0.15, 0.2) is 5.82 Å². The first-order chi connectivity index (χ1) is 8.29. The zero-order valence-electron chi connectivity index (χ0n) is 9.56. The van der Waals surface area contributed by atoms with Crippen molar-refractivity contribution in [3.63, 3.8) is 0 Å². The fourth-order valence-electron chi connectivity index (χ4n) is 1.54. The van der Waals surface area contributed by atoms with Crippen LogP contribution in [0.1, 0.15) is 29.0 Å². The fraction of sp³-hybridized carbons (Fsp3) is 0.444. The number of rotatable bonds is 2. The predicted octanol–water partition coefficient (Wildman–Crippen LogP) is 1.18. The first kappa shape index (κ1) is 12.6. The smallest absolute Gasteiger partial charge is 0.329 e. The lowest BCUT2D eigenvalue weighted by atomic mass is 10.1. The van der Waals surface area contributed by atoms with Crippen molar-refractivity contribution >= 4 is 0 Å². The van der Waals surface area contributed by atoms with Gasteiger partial charge in [0.05, 0.1) is 11.7 Å². The second kappa shape index (κ2) is 4.09. The van der Waals surface area contributed by atoms with E-state index in [2.05, 4.69) is 19.8 Å². The van der Waals surface area contributed by atoms with Crippen LogP contribution < -0.4 is 5.73 Å². The lowest BCUT2D eigenvalue weighted by Crippen LogP contribution is -2.15. The summed E-state index contributed by atoms with van der Waals surface area (Å²) in [6.45, 7) is 1.69. The van der Waals surface area contributed by atoms with Crippen LogP contribution in [0.5, 0.6) is 0 Å². The van der Waals surface area contributed by atoms with Crippen molar-refractivity contribution in [1.82, 2.24) is 19.9 Å². The standard InChI is InChI=1S/C9H10F3N5O/c1-4-5(3-17(2)15-4)6(13)7-14-8(18-16-7)9(10,11)12/h3,6H,13H2,1-2H3. The Kier molecular flexibility index (Phi) is 2.85. The third-order valence-electron chi connectivity index (χ3n) is 2.35. The minimum absolute atomic E-state index is 0.224. The van der Waals surface area contributed by atoms with E-state index in [0.29, 0.717) is 11.3 Å². The highest BCUT2D eigenvalue weighted by atomic mass is 19.4. The summed E-state index contributed by atoms with van der Waals surface area (Å²) in [5.41, 5.74) is 6.93. The summed E-state index contributed by atoms with van der Waals surface area (Å²) in [7, 11) is 1.68. The summed E-state index contributed by atoms with van der Waals surface area (Å²) < 4.78 is 42.5. The monoisotopic (exact) mass is 261 g/mol. The van der Waals surface area contributed by atoms with Gasteiger partial charge in [0, 0.05) is 18.8 Å². The van der Waals surface area contributed by atoms with Crippen molar-refractivity contribution in [3.8, 4) is 0 Å². The van der Waals surface area contributed by atoms with E-state index in [1.807, 2.05) is 0 Å². The van der Waals surface area contributed by atoms with Crippen LogP contribution in [0.25, 0.3) is 0 Å². The number of nitrogens with zero attached hydrogens (tertiary/aromatic N) is 4. The Morgan fingerprint density at radius 1 is 1.44 bits per heavy atom. The molecule has 2 rings (SSSR count). The highest BCUT2D eigenvalue weighted by Crippen LogP contribution is 2.29. The number of hydrogen-bond acceptors (Lipinski definition) is 5. The van der Waals surface area contributed by atoms with Crippen molar-refractivity contribution in [3.05, 3.63) is 29.2 Å². The molecule has 98 valence electrons. The molecule has 2 aromatic rings. The third-order valence-corrected chi connectivity index (χ3v) is 2.35. The largest absolute Gasteiger partial charge is 0.471 e. The lowest BCUT2D eigenvalue weighted by molar-refractivity contribution is -0.159. The van der Waals surface area contributed by atoms with Crippen molar-refractivity contribution in [2.45, 2.75) is 19.1 Å². The van der Waals surface area contributed by atoms with Crippen LogP contribution in [-0.2, 0) is 13.2 Å². The Bertz CT molecular complexity index is 559. The first-order valence-corrected chi connectivity index (χ1v) is 4.95. The summed E-state index contributed by atoms with van der Waals surface area (Å²) >= 11 is 0. The summed E-state index contributed by atoms with van der Waals surface area (Å²) in [5, 5.41) is 7.28. The molecular weight excluding hydrogens is 251 g/mol. The number of aromatic nitrogens is 4. The van der Waals surface area contributed by atoms with Crippen molar-refractivity contribution in [2.75, 3.05) is 0 Å². The number of hydrogen-bond donors (Lipinski definition) is 1. The molecule has 9 heteroatoms. The second-order valence-electron chi connectivity index (χ2n) is 3.78. The second-order valence-corrected chi connectivity index (χ2v) is 3.78. The maximum Gasteiger partial charge on any atom is 0.471 e. The molecule has 2 N–H and O–H groups in total. The van der Waals surface area contributed by atoms with Crippen LogP contribution in [0.3, 0.4) is 0 Å². The van der Waals surface area contributed by atoms with Gasteiger partial charge in [0.25, 0.3) is 0 Å². The van der Waals surface area contributed by atoms with E-state index < -0.39 is 18.1 Å². The normalized spacial score (nSPS) is 13.9. The zero-order chi connectivity index (χ0) is 13.5. The quantitative estimate of drug-likeness (QED) is 0.877. The van der Waals surface area contributed by atoms with E-state index in [4.69, 9.17) is 5.73 Å². The fourth-order valence-corrected chi connectivity index (χ4v) is 1.54. The zero-order valence-corrected chi connectivity index (χ0v) is 9.56. The maximum absolute atomic E-state index is 12.3. The number of nitrogens with two attached hydrogens (primary N) is 1. The highest BCUT2D eigenvalue weighted by Gasteiger charge is 2.39. The number of halogens is 3. The molecule has 0 saturated carbocycles. The summed E-state index contributed by atoms with van der Waals surface area (Å²) in [6, 6.07) is -0.904. The summed E-state index contributed by atoms with van der Waals surface area (Å²) in [4.78, 5) is 3.24. The van der Waals surface area contributed by atoms with Gasteiger partial charge in [0.1, 0.15) is 0 Å². The first-order valence-electron chi connectivity index (χ1n) is 4.95. The van der Waals surface area contributed by atoms with Gasteiger partial charge in [-0.05, 0) is 6.92 Å². The number of alkyl halides is 3. The van der Waals surface area contributed by atoms with Gasteiger partial charge in [-0.3, -0.25) is 4.68 Å². The molecule has 1 atom stereocenters. The van der Waals surface area contributed by atoms with Crippen LogP contribution >= 0.6 is 0 Å². The van der Waals surface area contributed by atoms with Gasteiger partial charge in [-0.25, -0.2) is 0 Å². The Balaban J connectivity index is 2.32. The van der Waals surface area contributed by atoms with Crippen LogP contribution in [0.2, 0.25) is 0 Å². The van der Waals surface area contributed by atoms with Crippen LogP contribution in [-0.4, -0.2) is 19.9 Å². The molecule has 2 heterocycles. The Hall–Kier alpha value is -1.90. The molecule has 1 unspecified atom stereocenters. The predicted molar refractivity (Wildman–Crippen MR) is 53.3 cm³/mol. The van der Waals surface area contributed by atoms with E-state index in [0.717, 1.165) is 0 Å². The molecule has 0 amide bonds. The molecule has 0 aliphatic rings. The minimum Gasteiger partial charge on any atom is -0.329 e. The van der Waals surface area contributed by atoms with E-state index in [1.54, 1.807) is 20.2 Å². The number of aryl methyl sites for hydroxylation is 2. The molecule has 0 spiro atoms. The SMILES string of the molecule is Cc1nn(C)cc1C(N)c1noc(C(F)(F)F)n1. The van der Waals surface area contributed by atoms with Crippen molar-refractivity contribution in [1.29, 1.82) is 0 Å². The van der Waals surface area contributed by atoms with Gasteiger partial charge in [-0.15, -0.1) is 0 Å². The van der Waals surface area contributed by atoms with E-state index in [1.165, 1.54) is 4.68 Å². The molecule has 2 aromatic heterocycles. The van der Waals surface area contributed by atoms with Crippen molar-refractivity contribution < 1.29 is 17.7 Å². The maximum atomic E-state index is 12.3. The average Bonchev–Trinajstić information content (AvgIpc) is 2.83. The average molecular weight is 261 g/mol. The molecule has 6 nitrogen and oxygen atoms in total. The van der Waals surface area contributed by atoms with E-state index >= 15 is 0 Å². The molecule has 0 bridgehead atoms. The van der Waals surface area contributed by atoms with Gasteiger partial charge in [0.2, 0.25) is 0 Å². The summed E-state index contributed by atoms with van der Waals surface area (Å²) in [5.74, 6) is -1.63. The van der Waals surface area contributed by atoms with Gasteiger partial charge in [-0.2, -0.15) is 23.3 Å². The van der Waals surface area contributed by atoms with E-state index in [9.17, 15) is 13.2 Å². The van der Waals surface area contributed by atoms with Crippen LogP contribution in [0.15, 0.2) is 10.7 Å². The van der Waals surface area contributed by atoms with Gasteiger partial charge in [-0.1, -0.05) is 5.16 Å². The minimum atomic E-state index is -4.67. The Labute approximate surface area is 99.6 Å². The molecule has 0 fully saturated rings. The van der Waals surface area contributed by atoms with Gasteiger partial charge < -0.3 is 10.3 Å². The van der Waals surface area contributed by atoms with E-state index in [-0.39, 0.29) is 5.82 Å². The highest BCUT2D eigenvalue weighted by molar-refractivity contribution is 5.25. The Morgan fingerprint density at radius 2 is 2.11 bits per heavy atom. The summed E-state index contributed by atoms with van der Waals surface area (Å²) in [6.07, 6.45) is -3.07. The third kappa shape index (κ3) is 2.21. The molecule has 0 aliphatic carbocycles. The lowest BCUT2D eigenvalue weighted by Gasteiger charge is -2.04.